The topological polar surface area (TPSA) is 90.0 Å². The van der Waals surface area contributed by atoms with Crippen LogP contribution in [0.2, 0.25) is 0 Å². The monoisotopic (exact) mass is 340 g/mol. The SMILES string of the molecule is NC(=O)Cc1csc(NC(=O)C(c2ccccc2)n2cccc2)n1. The number of nitrogens with zero attached hydrogens (tertiary/aromatic N) is 2. The van der Waals surface area contributed by atoms with Crippen molar-refractivity contribution in [3.05, 3.63) is 71.5 Å². The number of carbonyl (C=O) groups is 2. The number of amides is 2. The number of rotatable bonds is 6. The summed E-state index contributed by atoms with van der Waals surface area (Å²) in [7, 11) is 0. The molecule has 122 valence electrons. The molecule has 0 radical (unpaired) electrons. The molecular formula is C17H16N4O2S. The van der Waals surface area contributed by atoms with E-state index in [4.69, 9.17) is 5.73 Å². The molecule has 0 aliphatic rings. The van der Waals surface area contributed by atoms with Crippen molar-refractivity contribution >= 4 is 28.3 Å². The molecule has 0 aliphatic carbocycles. The lowest BCUT2D eigenvalue weighted by Gasteiger charge is -2.18. The molecule has 0 saturated carbocycles. The summed E-state index contributed by atoms with van der Waals surface area (Å²) in [4.78, 5) is 28.0. The van der Waals surface area contributed by atoms with E-state index in [1.165, 1.54) is 11.3 Å². The third kappa shape index (κ3) is 3.69. The van der Waals surface area contributed by atoms with Gasteiger partial charge in [-0.3, -0.25) is 14.9 Å². The lowest BCUT2D eigenvalue weighted by atomic mass is 10.1. The Morgan fingerprint density at radius 3 is 2.54 bits per heavy atom. The molecule has 3 N–H and O–H groups in total. The van der Waals surface area contributed by atoms with Gasteiger partial charge in [-0.15, -0.1) is 11.3 Å². The van der Waals surface area contributed by atoms with Crippen LogP contribution in [-0.2, 0) is 16.0 Å². The second-order valence-electron chi connectivity index (χ2n) is 5.22. The van der Waals surface area contributed by atoms with Gasteiger partial charge in [0, 0.05) is 17.8 Å². The van der Waals surface area contributed by atoms with Crippen LogP contribution in [0.3, 0.4) is 0 Å². The van der Waals surface area contributed by atoms with Crippen LogP contribution in [0.25, 0.3) is 0 Å². The number of anilines is 1. The molecule has 1 aromatic carbocycles. The summed E-state index contributed by atoms with van der Waals surface area (Å²) in [5, 5.41) is 4.98. The van der Waals surface area contributed by atoms with Crippen molar-refractivity contribution in [3.63, 3.8) is 0 Å². The largest absolute Gasteiger partial charge is 0.369 e. The second kappa shape index (κ2) is 7.10. The standard InChI is InChI=1S/C17H16N4O2S/c18-14(22)10-13-11-24-17(19-13)20-16(23)15(21-8-4-5-9-21)12-6-2-1-3-7-12/h1-9,11,15H,10H2,(H2,18,22)(H,19,20,23). The van der Waals surface area contributed by atoms with E-state index in [1.54, 1.807) is 5.38 Å². The van der Waals surface area contributed by atoms with Crippen LogP contribution in [0.4, 0.5) is 5.13 Å². The molecule has 1 unspecified atom stereocenters. The van der Waals surface area contributed by atoms with E-state index in [9.17, 15) is 9.59 Å². The van der Waals surface area contributed by atoms with Crippen molar-refractivity contribution < 1.29 is 9.59 Å². The average molecular weight is 340 g/mol. The maximum Gasteiger partial charge on any atom is 0.253 e. The Bertz CT molecular complexity index is 827. The van der Waals surface area contributed by atoms with E-state index in [-0.39, 0.29) is 12.3 Å². The zero-order valence-corrected chi connectivity index (χ0v) is 13.6. The minimum absolute atomic E-state index is 0.0616. The molecule has 2 amide bonds. The van der Waals surface area contributed by atoms with Gasteiger partial charge in [0.2, 0.25) is 5.91 Å². The van der Waals surface area contributed by atoms with Crippen LogP contribution < -0.4 is 11.1 Å². The highest BCUT2D eigenvalue weighted by molar-refractivity contribution is 7.13. The number of primary amides is 1. The van der Waals surface area contributed by atoms with Gasteiger partial charge in [-0.25, -0.2) is 4.98 Å². The van der Waals surface area contributed by atoms with Gasteiger partial charge in [0.05, 0.1) is 12.1 Å². The number of hydrogen-bond acceptors (Lipinski definition) is 4. The van der Waals surface area contributed by atoms with Crippen LogP contribution >= 0.6 is 11.3 Å². The van der Waals surface area contributed by atoms with E-state index in [0.717, 1.165) is 5.56 Å². The van der Waals surface area contributed by atoms with Crippen molar-refractivity contribution in [2.45, 2.75) is 12.5 Å². The van der Waals surface area contributed by atoms with Crippen molar-refractivity contribution in [1.82, 2.24) is 9.55 Å². The third-order valence-electron chi connectivity index (χ3n) is 3.43. The highest BCUT2D eigenvalue weighted by Crippen LogP contribution is 2.22. The highest BCUT2D eigenvalue weighted by atomic mass is 32.1. The number of aromatic nitrogens is 2. The number of nitrogens with one attached hydrogen (secondary N) is 1. The zero-order chi connectivity index (χ0) is 16.9. The molecule has 24 heavy (non-hydrogen) atoms. The summed E-state index contributed by atoms with van der Waals surface area (Å²) < 4.78 is 1.84. The number of carbonyl (C=O) groups excluding carboxylic acids is 2. The Balaban J connectivity index is 1.82. The normalized spacial score (nSPS) is 11.8. The fourth-order valence-electron chi connectivity index (χ4n) is 2.41. The summed E-state index contributed by atoms with van der Waals surface area (Å²) in [6.07, 6.45) is 3.75. The fraction of sp³-hybridized carbons (Fsp3) is 0.118. The van der Waals surface area contributed by atoms with Crippen LogP contribution in [-0.4, -0.2) is 21.4 Å². The molecular weight excluding hydrogens is 324 g/mol. The van der Waals surface area contributed by atoms with E-state index in [0.29, 0.717) is 10.8 Å². The molecule has 3 rings (SSSR count). The minimum atomic E-state index is -0.496. The molecule has 6 nitrogen and oxygen atoms in total. The summed E-state index contributed by atoms with van der Waals surface area (Å²) in [5.41, 5.74) is 6.59. The summed E-state index contributed by atoms with van der Waals surface area (Å²) in [6, 6.07) is 12.8. The van der Waals surface area contributed by atoms with Gasteiger partial charge < -0.3 is 10.3 Å². The lowest BCUT2D eigenvalue weighted by molar-refractivity contribution is -0.118. The maximum atomic E-state index is 12.8. The van der Waals surface area contributed by atoms with Gasteiger partial charge in [0.15, 0.2) is 5.13 Å². The van der Waals surface area contributed by atoms with Crippen LogP contribution in [0.1, 0.15) is 17.3 Å². The van der Waals surface area contributed by atoms with Crippen molar-refractivity contribution in [3.8, 4) is 0 Å². The maximum absolute atomic E-state index is 12.8. The smallest absolute Gasteiger partial charge is 0.253 e. The average Bonchev–Trinajstić information content (AvgIpc) is 3.21. The predicted molar refractivity (Wildman–Crippen MR) is 92.7 cm³/mol. The summed E-state index contributed by atoms with van der Waals surface area (Å²) in [6.45, 7) is 0. The van der Waals surface area contributed by atoms with E-state index < -0.39 is 11.9 Å². The second-order valence-corrected chi connectivity index (χ2v) is 6.08. The molecule has 0 aliphatic heterocycles. The van der Waals surface area contributed by atoms with Crippen molar-refractivity contribution in [1.29, 1.82) is 0 Å². The van der Waals surface area contributed by atoms with Crippen LogP contribution in [0.5, 0.6) is 0 Å². The molecule has 7 heteroatoms. The summed E-state index contributed by atoms with van der Waals surface area (Å²) >= 11 is 1.27. The Morgan fingerprint density at radius 1 is 1.17 bits per heavy atom. The first-order valence-corrected chi connectivity index (χ1v) is 8.22. The van der Waals surface area contributed by atoms with Gasteiger partial charge in [0.1, 0.15) is 6.04 Å². The molecule has 2 aromatic heterocycles. The first kappa shape index (κ1) is 15.9. The van der Waals surface area contributed by atoms with E-state index >= 15 is 0 Å². The first-order chi connectivity index (χ1) is 11.6. The number of hydrogen-bond donors (Lipinski definition) is 2. The Hall–Kier alpha value is -2.93. The minimum Gasteiger partial charge on any atom is -0.369 e. The zero-order valence-electron chi connectivity index (χ0n) is 12.8. The Labute approximate surface area is 142 Å². The number of nitrogens with two attached hydrogens (primary N) is 1. The quantitative estimate of drug-likeness (QED) is 0.721. The van der Waals surface area contributed by atoms with Gasteiger partial charge in [-0.05, 0) is 17.7 Å². The van der Waals surface area contributed by atoms with Gasteiger partial charge >= 0.3 is 0 Å². The number of thiazole rings is 1. The first-order valence-electron chi connectivity index (χ1n) is 7.34. The van der Waals surface area contributed by atoms with Crippen molar-refractivity contribution in [2.24, 2.45) is 5.73 Å². The molecule has 0 saturated heterocycles. The van der Waals surface area contributed by atoms with E-state index in [1.807, 2.05) is 59.4 Å². The Morgan fingerprint density at radius 2 is 1.88 bits per heavy atom. The molecule has 0 spiro atoms. The van der Waals surface area contributed by atoms with Gasteiger partial charge in [-0.1, -0.05) is 30.3 Å². The van der Waals surface area contributed by atoms with Gasteiger partial charge in [-0.2, -0.15) is 0 Å². The van der Waals surface area contributed by atoms with E-state index in [2.05, 4.69) is 10.3 Å². The number of benzene rings is 1. The lowest BCUT2D eigenvalue weighted by Crippen LogP contribution is -2.26. The molecule has 0 fully saturated rings. The third-order valence-corrected chi connectivity index (χ3v) is 4.23. The van der Waals surface area contributed by atoms with Gasteiger partial charge in [0.25, 0.3) is 5.91 Å². The fourth-order valence-corrected chi connectivity index (χ4v) is 3.13. The van der Waals surface area contributed by atoms with Crippen LogP contribution in [0.15, 0.2) is 60.2 Å². The molecule has 3 aromatic rings. The predicted octanol–water partition coefficient (Wildman–Crippen LogP) is 2.20. The molecule has 1 atom stereocenters. The van der Waals surface area contributed by atoms with Crippen LogP contribution in [0, 0.1) is 0 Å². The summed E-state index contributed by atoms with van der Waals surface area (Å²) in [5.74, 6) is -0.648. The Kier molecular flexibility index (Phi) is 4.72. The molecule has 2 heterocycles. The molecule has 0 bridgehead atoms. The van der Waals surface area contributed by atoms with Crippen molar-refractivity contribution in [2.75, 3.05) is 5.32 Å². The highest BCUT2D eigenvalue weighted by Gasteiger charge is 2.22.